The zero-order valence-electron chi connectivity index (χ0n) is 19.3. The minimum Gasteiger partial charge on any atom is -0.497 e. The molecule has 35 heavy (non-hydrogen) atoms. The van der Waals surface area contributed by atoms with Gasteiger partial charge < -0.3 is 14.2 Å². The Hall–Kier alpha value is -3.55. The summed E-state index contributed by atoms with van der Waals surface area (Å²) in [7, 11) is -0.0731. The Morgan fingerprint density at radius 1 is 0.514 bits per heavy atom. The highest BCUT2D eigenvalue weighted by molar-refractivity contribution is 7.48. The number of hydrogen-bond donors (Lipinski definition) is 3. The van der Waals surface area contributed by atoms with Crippen LogP contribution in [0.2, 0.25) is 0 Å². The lowest BCUT2D eigenvalue weighted by Gasteiger charge is -2.29. The topological polar surface area (TPSA) is 160 Å². The second-order valence-electron chi connectivity index (χ2n) is 6.76. The molecule has 0 amide bonds. The fraction of sp³-hybridized carbons (Fsp3) is 0.143. The van der Waals surface area contributed by atoms with Gasteiger partial charge in [0.1, 0.15) is 17.2 Å². The Labute approximate surface area is 202 Å². The Morgan fingerprint density at radius 3 is 0.943 bits per heavy atom. The summed E-state index contributed by atoms with van der Waals surface area (Å²) in [6, 6.07) is 19.2. The van der Waals surface area contributed by atoms with Crippen molar-refractivity contribution in [2.45, 2.75) is 0 Å². The number of nitrogens with two attached hydrogens (primary N) is 3. The van der Waals surface area contributed by atoms with Crippen LogP contribution in [0.3, 0.4) is 0 Å². The maximum Gasteiger partial charge on any atom is 0.543 e. The molecule has 0 aliphatic carbocycles. The van der Waals surface area contributed by atoms with Crippen molar-refractivity contribution < 1.29 is 32.6 Å². The minimum atomic E-state index is -4.63. The van der Waals surface area contributed by atoms with Crippen molar-refractivity contribution in [3.63, 3.8) is 0 Å². The van der Waals surface area contributed by atoms with Crippen LogP contribution < -0.4 is 47.3 Å². The van der Waals surface area contributed by atoms with Crippen molar-refractivity contribution in [3.05, 3.63) is 72.8 Å². The molecule has 3 aromatic rings. The molecule has 188 valence electrons. The molecular formula is C21H27N6O7P. The first-order valence-electron chi connectivity index (χ1n) is 10.0. The maximum absolute atomic E-state index is 13.6. The number of ether oxygens (including phenoxy) is 3. The van der Waals surface area contributed by atoms with E-state index in [0.29, 0.717) is 49.8 Å². The van der Waals surface area contributed by atoms with Gasteiger partial charge in [-0.2, -0.15) is 15.5 Å². The zero-order chi connectivity index (χ0) is 25.4. The van der Waals surface area contributed by atoms with Crippen molar-refractivity contribution in [1.29, 1.82) is 0 Å². The first-order valence-corrected chi connectivity index (χ1v) is 11.5. The molecule has 13 nitrogen and oxygen atoms in total. The maximum atomic E-state index is 13.6. The lowest BCUT2D eigenvalue weighted by Crippen LogP contribution is -2.38. The predicted molar refractivity (Wildman–Crippen MR) is 130 cm³/mol. The fourth-order valence-electron chi connectivity index (χ4n) is 2.70. The normalized spacial score (nSPS) is 11.0. The second-order valence-corrected chi connectivity index (χ2v) is 8.15. The predicted octanol–water partition coefficient (Wildman–Crippen LogP) is 3.06. The van der Waals surface area contributed by atoms with Gasteiger partial charge in [0, 0.05) is 0 Å². The van der Waals surface area contributed by atoms with Crippen molar-refractivity contribution in [3.8, 4) is 17.2 Å². The first kappa shape index (κ1) is 26.1. The van der Waals surface area contributed by atoms with Crippen LogP contribution in [-0.2, 0) is 18.4 Å². The van der Waals surface area contributed by atoms with Crippen LogP contribution in [0.25, 0.3) is 0 Å². The fourth-order valence-corrected chi connectivity index (χ4v) is 3.72. The number of phosphoric acid groups is 1. The third kappa shape index (κ3) is 6.97. The summed E-state index contributed by atoms with van der Waals surface area (Å²) < 4.78 is 45.1. The smallest absolute Gasteiger partial charge is 0.497 e. The average molecular weight is 506 g/mol. The molecule has 0 radical (unpaired) electrons. The van der Waals surface area contributed by atoms with Crippen LogP contribution in [0.15, 0.2) is 72.8 Å². The van der Waals surface area contributed by atoms with E-state index in [9.17, 15) is 4.57 Å². The summed E-state index contributed by atoms with van der Waals surface area (Å²) in [6.45, 7) is 0. The Balaban J connectivity index is 1.83. The van der Waals surface area contributed by atoms with Crippen LogP contribution in [0, 0.1) is 0 Å². The summed E-state index contributed by atoms with van der Waals surface area (Å²) >= 11 is 0. The highest BCUT2D eigenvalue weighted by atomic mass is 31.2. The number of nitrogens with zero attached hydrogens (tertiary/aromatic N) is 3. The average Bonchev–Trinajstić information content (AvgIpc) is 2.88. The van der Waals surface area contributed by atoms with E-state index < -0.39 is 7.82 Å². The molecule has 0 atom stereocenters. The molecule has 0 aliphatic rings. The van der Waals surface area contributed by atoms with E-state index in [-0.39, 0.29) is 0 Å². The van der Waals surface area contributed by atoms with E-state index in [1.165, 1.54) is 21.3 Å². The second kappa shape index (κ2) is 11.7. The molecule has 0 saturated heterocycles. The van der Waals surface area contributed by atoms with Gasteiger partial charge in [-0.05, 0) is 72.8 Å². The molecule has 0 aliphatic heterocycles. The third-order valence-electron chi connectivity index (χ3n) is 4.54. The number of hydrazine groups is 3. The highest BCUT2D eigenvalue weighted by Crippen LogP contribution is 2.52. The van der Waals surface area contributed by atoms with Gasteiger partial charge in [0.15, 0.2) is 0 Å². The molecule has 0 heterocycles. The summed E-state index contributed by atoms with van der Waals surface area (Å²) in [5.41, 5.74) is 0.915. The van der Waals surface area contributed by atoms with Gasteiger partial charge in [0.2, 0.25) is 0 Å². The van der Waals surface area contributed by atoms with Gasteiger partial charge in [-0.3, -0.25) is 0 Å². The Kier molecular flexibility index (Phi) is 8.73. The van der Waals surface area contributed by atoms with Crippen LogP contribution in [0.4, 0.5) is 17.1 Å². The molecule has 0 bridgehead atoms. The minimum absolute atomic E-state index is 0.305. The molecule has 6 N–H and O–H groups in total. The van der Waals surface area contributed by atoms with E-state index in [4.69, 9.17) is 45.6 Å². The van der Waals surface area contributed by atoms with E-state index >= 15 is 0 Å². The third-order valence-corrected chi connectivity index (χ3v) is 5.67. The van der Waals surface area contributed by atoms with Crippen LogP contribution in [0.5, 0.6) is 17.2 Å². The molecule has 0 saturated carbocycles. The Morgan fingerprint density at radius 2 is 0.743 bits per heavy atom. The van der Waals surface area contributed by atoms with E-state index in [2.05, 4.69) is 0 Å². The van der Waals surface area contributed by atoms with Crippen LogP contribution >= 0.6 is 7.82 Å². The summed E-state index contributed by atoms with van der Waals surface area (Å²) in [6.07, 6.45) is 0. The number of benzene rings is 3. The van der Waals surface area contributed by atoms with Gasteiger partial charge in [-0.25, -0.2) is 22.1 Å². The highest BCUT2D eigenvalue weighted by Gasteiger charge is 2.37. The summed E-state index contributed by atoms with van der Waals surface area (Å²) in [4.78, 5) is 0. The summed E-state index contributed by atoms with van der Waals surface area (Å²) in [5, 5.41) is 2.10. The molecular weight excluding hydrogens is 479 g/mol. The lowest BCUT2D eigenvalue weighted by atomic mass is 10.3. The SMILES string of the molecule is COc1ccc(N(N)OP(=O)(ON(N)c2ccc(OC)cc2)ON(N)c2ccc(OC)cc2)cc1. The van der Waals surface area contributed by atoms with Gasteiger partial charge >= 0.3 is 7.82 Å². The molecule has 14 heteroatoms. The van der Waals surface area contributed by atoms with E-state index in [1.807, 2.05) is 0 Å². The van der Waals surface area contributed by atoms with Crippen LogP contribution in [0.1, 0.15) is 0 Å². The quantitative estimate of drug-likeness (QED) is 0.187. The van der Waals surface area contributed by atoms with E-state index in [1.54, 1.807) is 72.8 Å². The molecule has 0 aromatic heterocycles. The number of methoxy groups -OCH3 is 3. The standard InChI is InChI=1S/C21H27N6O7P/c1-29-19-10-4-16(5-11-19)25(22)32-35(28,33-26(23)17-6-12-20(30-2)13-7-17)34-27(24)18-8-14-21(31-3)15-9-18/h4-15H,22-24H2,1-3H3. The lowest BCUT2D eigenvalue weighted by molar-refractivity contribution is 0.0860. The zero-order valence-corrected chi connectivity index (χ0v) is 20.2. The molecule has 3 rings (SSSR count). The van der Waals surface area contributed by atoms with Crippen molar-refractivity contribution in [2.24, 2.45) is 17.5 Å². The molecule has 0 unspecified atom stereocenters. The van der Waals surface area contributed by atoms with Gasteiger partial charge in [-0.15, -0.1) is 13.9 Å². The van der Waals surface area contributed by atoms with Gasteiger partial charge in [0.25, 0.3) is 0 Å². The number of rotatable bonds is 12. The Bertz CT molecular complexity index is 977. The number of anilines is 3. The van der Waals surface area contributed by atoms with Crippen molar-refractivity contribution in [1.82, 2.24) is 0 Å². The largest absolute Gasteiger partial charge is 0.543 e. The summed E-state index contributed by atoms with van der Waals surface area (Å²) in [5.74, 6) is 19.6. The molecule has 3 aromatic carbocycles. The van der Waals surface area contributed by atoms with Gasteiger partial charge in [-0.1, -0.05) is 0 Å². The van der Waals surface area contributed by atoms with E-state index in [0.717, 1.165) is 0 Å². The van der Waals surface area contributed by atoms with Gasteiger partial charge in [0.05, 0.1) is 38.4 Å². The van der Waals surface area contributed by atoms with Crippen LogP contribution in [-0.4, -0.2) is 21.3 Å². The molecule has 0 fully saturated rings. The monoisotopic (exact) mass is 506 g/mol. The number of hydrogen-bond acceptors (Lipinski definition) is 13. The molecule has 0 spiro atoms. The van der Waals surface area contributed by atoms with Crippen molar-refractivity contribution >= 4 is 24.9 Å². The van der Waals surface area contributed by atoms with Crippen molar-refractivity contribution in [2.75, 3.05) is 36.8 Å². The first-order chi connectivity index (χ1) is 16.8.